The summed E-state index contributed by atoms with van der Waals surface area (Å²) in [7, 11) is 0. The van der Waals surface area contributed by atoms with Gasteiger partial charge in [0.2, 0.25) is 0 Å². The Kier molecular flexibility index (Phi) is 4.69. The van der Waals surface area contributed by atoms with Crippen LogP contribution in [0.3, 0.4) is 0 Å². The molecule has 17 heavy (non-hydrogen) atoms. The van der Waals surface area contributed by atoms with Crippen molar-refractivity contribution in [3.63, 3.8) is 0 Å². The van der Waals surface area contributed by atoms with Crippen molar-refractivity contribution in [2.45, 2.75) is 13.8 Å². The Hall–Kier alpha value is -1.36. The highest BCUT2D eigenvalue weighted by Crippen LogP contribution is 2.15. The van der Waals surface area contributed by atoms with Crippen molar-refractivity contribution in [3.8, 4) is 0 Å². The number of amides is 1. The number of hydrogen-bond acceptors (Lipinski definition) is 2. The van der Waals surface area contributed by atoms with Crippen molar-refractivity contribution in [1.29, 1.82) is 0 Å². The molecule has 4 nitrogen and oxygen atoms in total. The highest BCUT2D eigenvalue weighted by atomic mass is 79.9. The van der Waals surface area contributed by atoms with Crippen LogP contribution in [0, 0.1) is 12.8 Å². The highest BCUT2D eigenvalue weighted by Gasteiger charge is 2.13. The number of carbonyl (C=O) groups is 2. The molecule has 0 aliphatic rings. The van der Waals surface area contributed by atoms with Gasteiger partial charge < -0.3 is 10.4 Å². The number of carboxylic acid groups (broad SMARTS) is 1. The smallest absolute Gasteiger partial charge is 0.308 e. The number of rotatable bonds is 4. The highest BCUT2D eigenvalue weighted by molar-refractivity contribution is 9.10. The summed E-state index contributed by atoms with van der Waals surface area (Å²) in [5.41, 5.74) is 1.49. The van der Waals surface area contributed by atoms with Gasteiger partial charge in [-0.05, 0) is 30.7 Å². The third-order valence-electron chi connectivity index (χ3n) is 2.29. The van der Waals surface area contributed by atoms with Gasteiger partial charge in [0.05, 0.1) is 5.92 Å². The van der Waals surface area contributed by atoms with Crippen molar-refractivity contribution in [3.05, 3.63) is 33.8 Å². The molecule has 1 rings (SSSR count). The normalized spacial score (nSPS) is 11.9. The lowest BCUT2D eigenvalue weighted by atomic mass is 10.1. The van der Waals surface area contributed by atoms with Crippen LogP contribution < -0.4 is 5.32 Å². The molecule has 0 heterocycles. The van der Waals surface area contributed by atoms with E-state index in [0.717, 1.165) is 10.0 Å². The zero-order valence-corrected chi connectivity index (χ0v) is 11.2. The Labute approximate surface area is 108 Å². The average molecular weight is 300 g/mol. The predicted octanol–water partition coefficient (Wildman–Crippen LogP) is 2.21. The molecule has 1 atom stereocenters. The standard InChI is InChI=1S/C12H14BrNO3/c1-7-3-9(5-10(13)4-7)11(15)14-6-8(2)12(16)17/h3-5,8H,6H2,1-2H3,(H,14,15)(H,16,17). The first-order valence-electron chi connectivity index (χ1n) is 5.18. The van der Waals surface area contributed by atoms with Crippen LogP contribution in [-0.2, 0) is 4.79 Å². The maximum atomic E-state index is 11.8. The van der Waals surface area contributed by atoms with Gasteiger partial charge in [-0.25, -0.2) is 0 Å². The van der Waals surface area contributed by atoms with Crippen molar-refractivity contribution in [2.24, 2.45) is 5.92 Å². The molecule has 0 aromatic heterocycles. The third kappa shape index (κ3) is 4.19. The molecule has 5 heteroatoms. The van der Waals surface area contributed by atoms with Crippen LogP contribution in [-0.4, -0.2) is 23.5 Å². The molecule has 0 spiro atoms. The maximum Gasteiger partial charge on any atom is 0.308 e. The molecule has 2 N–H and O–H groups in total. The number of carbonyl (C=O) groups excluding carboxylic acids is 1. The van der Waals surface area contributed by atoms with Gasteiger partial charge in [0.15, 0.2) is 0 Å². The number of benzene rings is 1. The Morgan fingerprint density at radius 3 is 2.59 bits per heavy atom. The lowest BCUT2D eigenvalue weighted by Gasteiger charge is -2.09. The molecule has 0 radical (unpaired) electrons. The molecule has 1 unspecified atom stereocenters. The first-order chi connectivity index (χ1) is 7.90. The Morgan fingerprint density at radius 1 is 1.41 bits per heavy atom. The fourth-order valence-corrected chi connectivity index (χ4v) is 1.91. The van der Waals surface area contributed by atoms with E-state index in [1.54, 1.807) is 19.1 Å². The van der Waals surface area contributed by atoms with Gasteiger partial charge in [-0.15, -0.1) is 0 Å². The SMILES string of the molecule is Cc1cc(Br)cc(C(=O)NCC(C)C(=O)O)c1. The van der Waals surface area contributed by atoms with E-state index in [1.165, 1.54) is 0 Å². The molecule has 92 valence electrons. The van der Waals surface area contributed by atoms with E-state index in [1.807, 2.05) is 13.0 Å². The summed E-state index contributed by atoms with van der Waals surface area (Å²) in [6, 6.07) is 5.36. The largest absolute Gasteiger partial charge is 0.481 e. The summed E-state index contributed by atoms with van der Waals surface area (Å²) in [6.07, 6.45) is 0. The van der Waals surface area contributed by atoms with Gasteiger partial charge in [-0.1, -0.05) is 22.9 Å². The molecule has 0 aliphatic heterocycles. The van der Waals surface area contributed by atoms with Crippen LogP contribution in [0.25, 0.3) is 0 Å². The van der Waals surface area contributed by atoms with Crippen molar-refractivity contribution >= 4 is 27.8 Å². The summed E-state index contributed by atoms with van der Waals surface area (Å²) in [4.78, 5) is 22.3. The molecule has 0 saturated heterocycles. The monoisotopic (exact) mass is 299 g/mol. The summed E-state index contributed by atoms with van der Waals surface area (Å²) < 4.78 is 0.828. The molecular formula is C12H14BrNO3. The number of carboxylic acids is 1. The molecule has 1 aromatic carbocycles. The second-order valence-corrected chi connectivity index (χ2v) is 4.88. The van der Waals surface area contributed by atoms with Gasteiger partial charge in [0.1, 0.15) is 0 Å². The number of halogens is 1. The number of nitrogens with one attached hydrogen (secondary N) is 1. The molecule has 0 bridgehead atoms. The van der Waals surface area contributed by atoms with Crippen molar-refractivity contribution < 1.29 is 14.7 Å². The van der Waals surface area contributed by atoms with E-state index < -0.39 is 11.9 Å². The van der Waals surface area contributed by atoms with Crippen LogP contribution in [0.15, 0.2) is 22.7 Å². The van der Waals surface area contributed by atoms with Gasteiger partial charge in [-0.3, -0.25) is 9.59 Å². The minimum absolute atomic E-state index is 0.125. The summed E-state index contributed by atoms with van der Waals surface area (Å²) >= 11 is 3.31. The van der Waals surface area contributed by atoms with Gasteiger partial charge in [-0.2, -0.15) is 0 Å². The van der Waals surface area contributed by atoms with E-state index in [9.17, 15) is 9.59 Å². The summed E-state index contributed by atoms with van der Waals surface area (Å²) in [5.74, 6) is -1.77. The molecule has 0 aliphatic carbocycles. The van der Waals surface area contributed by atoms with Crippen LogP contribution in [0.4, 0.5) is 0 Å². The minimum Gasteiger partial charge on any atom is -0.481 e. The lowest BCUT2D eigenvalue weighted by molar-refractivity contribution is -0.140. The van der Waals surface area contributed by atoms with Gasteiger partial charge >= 0.3 is 5.97 Å². The maximum absolute atomic E-state index is 11.8. The van der Waals surface area contributed by atoms with E-state index in [0.29, 0.717) is 5.56 Å². The summed E-state index contributed by atoms with van der Waals surface area (Å²) in [5, 5.41) is 11.3. The third-order valence-corrected chi connectivity index (χ3v) is 2.75. The van der Waals surface area contributed by atoms with Gasteiger partial charge in [0, 0.05) is 16.6 Å². The Bertz CT molecular complexity index is 425. The zero-order valence-electron chi connectivity index (χ0n) is 9.66. The molecule has 1 amide bonds. The topological polar surface area (TPSA) is 66.4 Å². The predicted molar refractivity (Wildman–Crippen MR) is 68.0 cm³/mol. The Balaban J connectivity index is 2.67. The van der Waals surface area contributed by atoms with Crippen LogP contribution in [0.2, 0.25) is 0 Å². The first-order valence-corrected chi connectivity index (χ1v) is 5.97. The second-order valence-electron chi connectivity index (χ2n) is 3.97. The number of hydrogen-bond donors (Lipinski definition) is 2. The van der Waals surface area contributed by atoms with E-state index in [2.05, 4.69) is 21.2 Å². The minimum atomic E-state index is -0.921. The van der Waals surface area contributed by atoms with E-state index in [4.69, 9.17) is 5.11 Å². The molecule has 1 aromatic rings. The van der Waals surface area contributed by atoms with Crippen molar-refractivity contribution in [2.75, 3.05) is 6.54 Å². The fourth-order valence-electron chi connectivity index (χ4n) is 1.30. The second kappa shape index (κ2) is 5.82. The number of aryl methyl sites for hydroxylation is 1. The first kappa shape index (κ1) is 13.7. The van der Waals surface area contributed by atoms with E-state index >= 15 is 0 Å². The fraction of sp³-hybridized carbons (Fsp3) is 0.333. The van der Waals surface area contributed by atoms with Crippen LogP contribution in [0.5, 0.6) is 0 Å². The van der Waals surface area contributed by atoms with Crippen molar-refractivity contribution in [1.82, 2.24) is 5.32 Å². The van der Waals surface area contributed by atoms with Crippen LogP contribution >= 0.6 is 15.9 Å². The zero-order chi connectivity index (χ0) is 13.0. The molecule has 0 saturated carbocycles. The molecule has 0 fully saturated rings. The Morgan fingerprint density at radius 2 is 2.06 bits per heavy atom. The molecular weight excluding hydrogens is 286 g/mol. The van der Waals surface area contributed by atoms with E-state index in [-0.39, 0.29) is 12.5 Å². The quantitative estimate of drug-likeness (QED) is 0.896. The summed E-state index contributed by atoms with van der Waals surface area (Å²) in [6.45, 7) is 3.57. The van der Waals surface area contributed by atoms with Gasteiger partial charge in [0.25, 0.3) is 5.91 Å². The van der Waals surface area contributed by atoms with Crippen LogP contribution in [0.1, 0.15) is 22.8 Å². The average Bonchev–Trinajstić information content (AvgIpc) is 2.23. The number of aliphatic carboxylic acids is 1. The lowest BCUT2D eigenvalue weighted by Crippen LogP contribution is -2.31.